The van der Waals surface area contributed by atoms with Crippen LogP contribution in [0.15, 0.2) is 43.0 Å². The van der Waals surface area contributed by atoms with Crippen molar-refractivity contribution < 1.29 is 4.79 Å². The van der Waals surface area contributed by atoms with Crippen LogP contribution in [-0.2, 0) is 11.3 Å². The lowest BCUT2D eigenvalue weighted by atomic mass is 10.0. The molecular formula is C21H28N6O. The number of nitrogens with zero attached hydrogens (tertiary/aromatic N) is 6. The molecular weight excluding hydrogens is 352 g/mol. The van der Waals surface area contributed by atoms with E-state index in [-0.39, 0.29) is 11.9 Å². The number of rotatable bonds is 6. The summed E-state index contributed by atoms with van der Waals surface area (Å²) in [6.45, 7) is 2.61. The second-order valence-corrected chi connectivity index (χ2v) is 7.40. The summed E-state index contributed by atoms with van der Waals surface area (Å²) in [5.41, 5.74) is 1.90. The number of hydrogen-bond acceptors (Lipinski definition) is 6. The molecule has 0 radical (unpaired) electrons. The highest BCUT2D eigenvalue weighted by Crippen LogP contribution is 2.19. The quantitative estimate of drug-likeness (QED) is 0.715. The summed E-state index contributed by atoms with van der Waals surface area (Å²) in [6, 6.07) is 4.17. The molecule has 0 N–H and O–H groups in total. The summed E-state index contributed by atoms with van der Waals surface area (Å²) in [5.74, 6) is 0.664. The van der Waals surface area contributed by atoms with Crippen molar-refractivity contribution in [2.75, 3.05) is 39.1 Å². The molecule has 0 aromatic carbocycles. The van der Waals surface area contributed by atoms with Crippen LogP contribution in [0.5, 0.6) is 0 Å². The molecule has 0 aliphatic carbocycles. The van der Waals surface area contributed by atoms with Gasteiger partial charge in [-0.1, -0.05) is 0 Å². The van der Waals surface area contributed by atoms with Gasteiger partial charge in [0.25, 0.3) is 0 Å². The summed E-state index contributed by atoms with van der Waals surface area (Å²) in [7, 11) is 5.92. The van der Waals surface area contributed by atoms with Gasteiger partial charge in [-0.2, -0.15) is 0 Å². The number of amides is 1. The lowest BCUT2D eigenvalue weighted by Crippen LogP contribution is -2.45. The molecule has 3 heterocycles. The Hall–Kier alpha value is -2.80. The van der Waals surface area contributed by atoms with E-state index in [0.717, 1.165) is 37.1 Å². The number of anilines is 1. The molecule has 1 amide bonds. The minimum absolute atomic E-state index is 0.0167. The van der Waals surface area contributed by atoms with E-state index in [9.17, 15) is 4.79 Å². The van der Waals surface area contributed by atoms with Gasteiger partial charge >= 0.3 is 0 Å². The van der Waals surface area contributed by atoms with Crippen LogP contribution in [0.3, 0.4) is 0 Å². The number of pyridine rings is 1. The molecule has 3 rings (SSSR count). The van der Waals surface area contributed by atoms with Crippen LogP contribution in [0.4, 0.5) is 5.95 Å². The summed E-state index contributed by atoms with van der Waals surface area (Å²) in [6.07, 6.45) is 12.4. The first-order valence-corrected chi connectivity index (χ1v) is 9.58. The van der Waals surface area contributed by atoms with Gasteiger partial charge in [0, 0.05) is 63.1 Å². The normalized spacial score (nSPS) is 15.7. The summed E-state index contributed by atoms with van der Waals surface area (Å²) < 4.78 is 0. The molecule has 0 atom stereocenters. The number of likely N-dealkylation sites (tertiary alicyclic amines) is 1. The van der Waals surface area contributed by atoms with E-state index in [1.807, 2.05) is 36.0 Å². The van der Waals surface area contributed by atoms with E-state index < -0.39 is 0 Å². The monoisotopic (exact) mass is 380 g/mol. The highest BCUT2D eigenvalue weighted by molar-refractivity contribution is 5.92. The van der Waals surface area contributed by atoms with Crippen LogP contribution >= 0.6 is 0 Å². The third kappa shape index (κ3) is 5.36. The van der Waals surface area contributed by atoms with Gasteiger partial charge in [0.05, 0.1) is 0 Å². The lowest BCUT2D eigenvalue weighted by Gasteiger charge is -2.37. The smallest absolute Gasteiger partial charge is 0.247 e. The first kappa shape index (κ1) is 19.9. The highest BCUT2D eigenvalue weighted by Gasteiger charge is 2.25. The van der Waals surface area contributed by atoms with Crippen molar-refractivity contribution in [3.8, 4) is 0 Å². The van der Waals surface area contributed by atoms with Crippen molar-refractivity contribution in [3.63, 3.8) is 0 Å². The largest absolute Gasteiger partial charge is 0.347 e. The molecule has 1 saturated heterocycles. The molecule has 0 bridgehead atoms. The van der Waals surface area contributed by atoms with E-state index in [1.165, 1.54) is 0 Å². The Morgan fingerprint density at radius 2 is 1.82 bits per heavy atom. The van der Waals surface area contributed by atoms with E-state index in [2.05, 4.69) is 26.9 Å². The number of carbonyl (C=O) groups excluding carboxylic acids is 1. The van der Waals surface area contributed by atoms with Crippen LogP contribution in [-0.4, -0.2) is 70.9 Å². The minimum atomic E-state index is 0.0167. The molecule has 1 fully saturated rings. The van der Waals surface area contributed by atoms with Gasteiger partial charge in [-0.3, -0.25) is 9.78 Å². The van der Waals surface area contributed by atoms with Gasteiger partial charge in [-0.25, -0.2) is 9.97 Å². The third-order valence-corrected chi connectivity index (χ3v) is 4.99. The Bertz CT molecular complexity index is 782. The van der Waals surface area contributed by atoms with E-state index in [1.54, 1.807) is 36.9 Å². The first-order valence-electron chi connectivity index (χ1n) is 9.58. The predicted molar refractivity (Wildman–Crippen MR) is 111 cm³/mol. The fourth-order valence-corrected chi connectivity index (χ4v) is 3.29. The molecule has 2 aromatic rings. The van der Waals surface area contributed by atoms with Crippen molar-refractivity contribution in [2.45, 2.75) is 25.4 Å². The molecule has 1 aliphatic heterocycles. The van der Waals surface area contributed by atoms with Crippen molar-refractivity contribution in [1.29, 1.82) is 0 Å². The van der Waals surface area contributed by atoms with E-state index >= 15 is 0 Å². The highest BCUT2D eigenvalue weighted by atomic mass is 16.2. The molecule has 28 heavy (non-hydrogen) atoms. The Labute approximate surface area is 166 Å². The molecule has 0 unspecified atom stereocenters. The average molecular weight is 380 g/mol. The maximum absolute atomic E-state index is 13.0. The predicted octanol–water partition coefficient (Wildman–Crippen LogP) is 2.07. The summed E-state index contributed by atoms with van der Waals surface area (Å²) in [4.78, 5) is 31.8. The Kier molecular flexibility index (Phi) is 6.71. The lowest BCUT2D eigenvalue weighted by molar-refractivity contribution is -0.129. The van der Waals surface area contributed by atoms with Crippen LogP contribution in [0.2, 0.25) is 0 Å². The first-order chi connectivity index (χ1) is 13.5. The fraction of sp³-hybridized carbons (Fsp3) is 0.429. The van der Waals surface area contributed by atoms with Gasteiger partial charge in [-0.05, 0) is 56.8 Å². The average Bonchev–Trinajstić information content (AvgIpc) is 2.72. The van der Waals surface area contributed by atoms with Crippen molar-refractivity contribution >= 4 is 17.9 Å². The summed E-state index contributed by atoms with van der Waals surface area (Å²) >= 11 is 0. The molecule has 7 heteroatoms. The number of piperidine rings is 1. The topological polar surface area (TPSA) is 65.5 Å². The van der Waals surface area contributed by atoms with Crippen molar-refractivity contribution in [1.82, 2.24) is 24.8 Å². The zero-order chi connectivity index (χ0) is 19.9. The maximum Gasteiger partial charge on any atom is 0.247 e. The second-order valence-electron chi connectivity index (χ2n) is 7.40. The maximum atomic E-state index is 13.0. The molecule has 2 aromatic heterocycles. The van der Waals surface area contributed by atoms with Gasteiger partial charge in [0.1, 0.15) is 0 Å². The summed E-state index contributed by atoms with van der Waals surface area (Å²) in [5, 5.41) is 0. The molecule has 148 valence electrons. The van der Waals surface area contributed by atoms with Gasteiger partial charge in [-0.15, -0.1) is 0 Å². The molecule has 7 nitrogen and oxygen atoms in total. The van der Waals surface area contributed by atoms with Crippen LogP contribution < -0.4 is 4.90 Å². The van der Waals surface area contributed by atoms with E-state index in [0.29, 0.717) is 12.5 Å². The Morgan fingerprint density at radius 1 is 1.18 bits per heavy atom. The zero-order valence-corrected chi connectivity index (χ0v) is 16.8. The third-order valence-electron chi connectivity index (χ3n) is 4.99. The molecule has 1 aliphatic rings. The van der Waals surface area contributed by atoms with Gasteiger partial charge < -0.3 is 14.7 Å². The Balaban J connectivity index is 1.73. The van der Waals surface area contributed by atoms with Gasteiger partial charge in [0.15, 0.2) is 0 Å². The number of hydrogen-bond donors (Lipinski definition) is 0. The SMILES string of the molecule is CN1CCC(N(Cc2ccncc2)C(=O)C=Cc2cnc(N(C)C)nc2)CC1. The second kappa shape index (κ2) is 9.41. The standard InChI is InChI=1S/C21H28N6O/c1-25(2)21-23-14-18(15-24-21)4-5-20(28)27(16-17-6-10-22-11-7-17)19-8-12-26(3)13-9-19/h4-7,10-11,14-15,19H,8-9,12-13,16H2,1-3H3. The molecule has 0 saturated carbocycles. The van der Waals surface area contributed by atoms with E-state index in [4.69, 9.17) is 0 Å². The number of carbonyl (C=O) groups is 1. The number of aromatic nitrogens is 3. The molecule has 0 spiro atoms. The van der Waals surface area contributed by atoms with Crippen molar-refractivity contribution in [2.24, 2.45) is 0 Å². The van der Waals surface area contributed by atoms with Crippen LogP contribution in [0.25, 0.3) is 6.08 Å². The fourth-order valence-electron chi connectivity index (χ4n) is 3.29. The van der Waals surface area contributed by atoms with Crippen LogP contribution in [0, 0.1) is 0 Å². The minimum Gasteiger partial charge on any atom is -0.347 e. The van der Waals surface area contributed by atoms with Gasteiger partial charge in [0.2, 0.25) is 11.9 Å². The van der Waals surface area contributed by atoms with Crippen LogP contribution in [0.1, 0.15) is 24.0 Å². The van der Waals surface area contributed by atoms with Crippen molar-refractivity contribution in [3.05, 3.63) is 54.1 Å². The zero-order valence-electron chi connectivity index (χ0n) is 16.8. The Morgan fingerprint density at radius 3 is 2.43 bits per heavy atom.